The van der Waals surface area contributed by atoms with Gasteiger partial charge in [-0.05, 0) is 55.7 Å². The van der Waals surface area contributed by atoms with Crippen LogP contribution in [-0.4, -0.2) is 23.9 Å². The lowest BCUT2D eigenvalue weighted by Gasteiger charge is -2.23. The topological polar surface area (TPSA) is 46.3 Å². The fourth-order valence-electron chi connectivity index (χ4n) is 2.34. The number of rotatable bonds is 5. The van der Waals surface area contributed by atoms with Crippen LogP contribution in [0.15, 0.2) is 18.2 Å². The molecular weight excluding hydrogens is 243 g/mol. The van der Waals surface area contributed by atoms with Crippen molar-refractivity contribution < 1.29 is 9.18 Å². The van der Waals surface area contributed by atoms with E-state index in [1.54, 1.807) is 0 Å². The number of carbonyl (C=O) groups excluding carboxylic acids is 1. The van der Waals surface area contributed by atoms with Crippen LogP contribution in [0.2, 0.25) is 0 Å². The number of halogens is 1. The van der Waals surface area contributed by atoms with Crippen LogP contribution in [0.1, 0.15) is 36.0 Å². The van der Waals surface area contributed by atoms with Crippen molar-refractivity contribution in [1.82, 2.24) is 4.90 Å². The molecule has 4 heteroatoms. The van der Waals surface area contributed by atoms with Gasteiger partial charge in [0, 0.05) is 18.8 Å². The molecule has 2 fully saturated rings. The Morgan fingerprint density at radius 2 is 1.79 bits per heavy atom. The van der Waals surface area contributed by atoms with Gasteiger partial charge in [-0.2, -0.15) is 0 Å². The molecule has 2 aliphatic carbocycles. The average Bonchev–Trinajstić information content (AvgIpc) is 3.25. The standard InChI is InChI=1S/C15H19FN2O/c16-14-6-5-12(17)7-13(14)15(19)18(8-10-1-2-10)9-11-3-4-11/h5-7,10-11H,1-4,8-9,17H2. The van der Waals surface area contributed by atoms with E-state index in [0.717, 1.165) is 13.1 Å². The summed E-state index contributed by atoms with van der Waals surface area (Å²) in [4.78, 5) is 14.3. The Kier molecular flexibility index (Phi) is 3.17. The van der Waals surface area contributed by atoms with Crippen LogP contribution in [0.25, 0.3) is 0 Å². The number of amides is 1. The summed E-state index contributed by atoms with van der Waals surface area (Å²) in [5, 5.41) is 0. The van der Waals surface area contributed by atoms with Crippen LogP contribution in [0.3, 0.4) is 0 Å². The predicted molar refractivity (Wildman–Crippen MR) is 72.2 cm³/mol. The lowest BCUT2D eigenvalue weighted by atomic mass is 10.1. The summed E-state index contributed by atoms with van der Waals surface area (Å²) in [7, 11) is 0. The summed E-state index contributed by atoms with van der Waals surface area (Å²) in [6.07, 6.45) is 4.75. The van der Waals surface area contributed by atoms with Gasteiger partial charge in [0.2, 0.25) is 0 Å². The van der Waals surface area contributed by atoms with Crippen LogP contribution in [0, 0.1) is 17.7 Å². The Balaban J connectivity index is 1.78. The molecule has 2 saturated carbocycles. The molecule has 0 atom stereocenters. The zero-order chi connectivity index (χ0) is 13.4. The smallest absolute Gasteiger partial charge is 0.256 e. The van der Waals surface area contributed by atoms with Crippen LogP contribution >= 0.6 is 0 Å². The van der Waals surface area contributed by atoms with Crippen molar-refractivity contribution in [3.8, 4) is 0 Å². The maximum absolute atomic E-state index is 13.8. The Hall–Kier alpha value is -1.58. The van der Waals surface area contributed by atoms with E-state index in [-0.39, 0.29) is 11.5 Å². The third-order valence-corrected chi connectivity index (χ3v) is 3.86. The molecule has 0 saturated heterocycles. The van der Waals surface area contributed by atoms with Crippen molar-refractivity contribution in [2.24, 2.45) is 11.8 Å². The largest absolute Gasteiger partial charge is 0.399 e. The number of nitrogens with zero attached hydrogens (tertiary/aromatic N) is 1. The molecule has 0 bridgehead atoms. The zero-order valence-electron chi connectivity index (χ0n) is 10.9. The summed E-state index contributed by atoms with van der Waals surface area (Å²) in [5.74, 6) is 0.554. The molecule has 1 amide bonds. The van der Waals surface area contributed by atoms with Crippen molar-refractivity contribution in [2.75, 3.05) is 18.8 Å². The maximum atomic E-state index is 13.8. The molecule has 3 nitrogen and oxygen atoms in total. The van der Waals surface area contributed by atoms with E-state index in [0.29, 0.717) is 17.5 Å². The second kappa shape index (κ2) is 4.83. The van der Waals surface area contributed by atoms with Crippen LogP contribution in [-0.2, 0) is 0 Å². The van der Waals surface area contributed by atoms with Gasteiger partial charge in [-0.25, -0.2) is 4.39 Å². The number of hydrogen-bond donors (Lipinski definition) is 1. The lowest BCUT2D eigenvalue weighted by Crippen LogP contribution is -2.35. The molecule has 0 aromatic heterocycles. The Morgan fingerprint density at radius 3 is 2.32 bits per heavy atom. The third-order valence-electron chi connectivity index (χ3n) is 3.86. The molecule has 19 heavy (non-hydrogen) atoms. The molecule has 0 heterocycles. The van der Waals surface area contributed by atoms with Gasteiger partial charge < -0.3 is 10.6 Å². The molecule has 2 aliphatic rings. The number of nitrogen functional groups attached to an aromatic ring is 1. The molecule has 2 N–H and O–H groups in total. The van der Waals surface area contributed by atoms with Crippen molar-refractivity contribution >= 4 is 11.6 Å². The highest BCUT2D eigenvalue weighted by Gasteiger charge is 2.32. The van der Waals surface area contributed by atoms with Crippen molar-refractivity contribution in [3.63, 3.8) is 0 Å². The highest BCUT2D eigenvalue weighted by atomic mass is 19.1. The third kappa shape index (κ3) is 3.06. The van der Waals surface area contributed by atoms with Crippen molar-refractivity contribution in [3.05, 3.63) is 29.6 Å². The highest BCUT2D eigenvalue weighted by Crippen LogP contribution is 2.34. The highest BCUT2D eigenvalue weighted by molar-refractivity contribution is 5.95. The SMILES string of the molecule is Nc1ccc(F)c(C(=O)N(CC2CC2)CC2CC2)c1. The van der Waals surface area contributed by atoms with Crippen molar-refractivity contribution in [1.29, 1.82) is 0 Å². The molecule has 3 rings (SSSR count). The van der Waals surface area contributed by atoms with E-state index in [1.165, 1.54) is 43.9 Å². The number of benzene rings is 1. The zero-order valence-corrected chi connectivity index (χ0v) is 10.9. The number of nitrogens with two attached hydrogens (primary N) is 1. The van der Waals surface area contributed by atoms with E-state index in [9.17, 15) is 9.18 Å². The first kappa shape index (κ1) is 12.5. The van der Waals surface area contributed by atoms with Crippen LogP contribution < -0.4 is 5.73 Å². The number of carbonyl (C=O) groups is 1. The number of hydrogen-bond acceptors (Lipinski definition) is 2. The summed E-state index contributed by atoms with van der Waals surface area (Å²) in [6.45, 7) is 1.53. The van der Waals surface area contributed by atoms with Crippen LogP contribution in [0.5, 0.6) is 0 Å². The van der Waals surface area contributed by atoms with E-state index in [2.05, 4.69) is 0 Å². The second-order valence-corrected chi connectivity index (χ2v) is 5.84. The van der Waals surface area contributed by atoms with E-state index in [4.69, 9.17) is 5.73 Å². The fourth-order valence-corrected chi connectivity index (χ4v) is 2.34. The summed E-state index contributed by atoms with van der Waals surface area (Å²) in [6, 6.07) is 4.21. The van der Waals surface area contributed by atoms with Gasteiger partial charge >= 0.3 is 0 Å². The Bertz CT molecular complexity index is 481. The minimum absolute atomic E-state index is 0.112. The summed E-state index contributed by atoms with van der Waals surface area (Å²) >= 11 is 0. The molecule has 0 spiro atoms. The molecule has 1 aromatic rings. The van der Waals surface area contributed by atoms with Gasteiger partial charge in [-0.3, -0.25) is 4.79 Å². The van der Waals surface area contributed by atoms with Gasteiger partial charge in [-0.1, -0.05) is 0 Å². The minimum Gasteiger partial charge on any atom is -0.399 e. The minimum atomic E-state index is -0.476. The lowest BCUT2D eigenvalue weighted by molar-refractivity contribution is 0.0735. The molecule has 1 aromatic carbocycles. The first-order chi connectivity index (χ1) is 9.13. The quantitative estimate of drug-likeness (QED) is 0.829. The Labute approximate surface area is 112 Å². The first-order valence-electron chi connectivity index (χ1n) is 6.98. The van der Waals surface area contributed by atoms with Crippen LogP contribution in [0.4, 0.5) is 10.1 Å². The maximum Gasteiger partial charge on any atom is 0.256 e. The Morgan fingerprint density at radius 1 is 1.21 bits per heavy atom. The van der Waals surface area contributed by atoms with Gasteiger partial charge in [-0.15, -0.1) is 0 Å². The first-order valence-corrected chi connectivity index (χ1v) is 6.98. The molecular formula is C15H19FN2O. The normalized spacial score (nSPS) is 18.4. The average molecular weight is 262 g/mol. The van der Waals surface area contributed by atoms with E-state index in [1.807, 2.05) is 4.90 Å². The fraction of sp³-hybridized carbons (Fsp3) is 0.533. The van der Waals surface area contributed by atoms with Gasteiger partial charge in [0.15, 0.2) is 0 Å². The van der Waals surface area contributed by atoms with Gasteiger partial charge in [0.25, 0.3) is 5.91 Å². The van der Waals surface area contributed by atoms with E-state index < -0.39 is 5.82 Å². The van der Waals surface area contributed by atoms with Crippen molar-refractivity contribution in [2.45, 2.75) is 25.7 Å². The predicted octanol–water partition coefficient (Wildman–Crippen LogP) is 2.67. The van der Waals surface area contributed by atoms with Gasteiger partial charge in [0.1, 0.15) is 5.82 Å². The summed E-state index contributed by atoms with van der Waals surface area (Å²) in [5.41, 5.74) is 6.20. The second-order valence-electron chi connectivity index (χ2n) is 5.84. The van der Waals surface area contributed by atoms with Gasteiger partial charge in [0.05, 0.1) is 5.56 Å². The van der Waals surface area contributed by atoms with E-state index >= 15 is 0 Å². The monoisotopic (exact) mass is 262 g/mol. The number of anilines is 1. The molecule has 0 radical (unpaired) electrons. The molecule has 0 unspecified atom stereocenters. The summed E-state index contributed by atoms with van der Waals surface area (Å²) < 4.78 is 13.8. The molecule has 102 valence electrons. The molecule has 0 aliphatic heterocycles.